The van der Waals surface area contributed by atoms with E-state index >= 15 is 0 Å². The molecule has 2 N–H and O–H groups in total. The van der Waals surface area contributed by atoms with Gasteiger partial charge in [-0.3, -0.25) is 10.1 Å². The van der Waals surface area contributed by atoms with Crippen LogP contribution >= 0.6 is 0 Å². The van der Waals surface area contributed by atoms with Crippen molar-refractivity contribution in [1.82, 2.24) is 0 Å². The third-order valence-electron chi connectivity index (χ3n) is 3.72. The van der Waals surface area contributed by atoms with E-state index < -0.39 is 16.4 Å². The molecule has 1 aliphatic rings. The maximum absolute atomic E-state index is 11.9. The molecule has 0 heterocycles. The van der Waals surface area contributed by atoms with Crippen LogP contribution in [-0.4, -0.2) is 30.1 Å². The molecule has 0 aliphatic heterocycles. The van der Waals surface area contributed by atoms with Crippen molar-refractivity contribution in [3.8, 4) is 5.75 Å². The number of methoxy groups -OCH3 is 1. The van der Waals surface area contributed by atoms with Crippen LogP contribution in [0.3, 0.4) is 0 Å². The fourth-order valence-corrected chi connectivity index (χ4v) is 2.19. The van der Waals surface area contributed by atoms with Gasteiger partial charge in [0.15, 0.2) is 5.54 Å². The summed E-state index contributed by atoms with van der Waals surface area (Å²) in [6, 6.07) is 4.33. The Kier molecular flexibility index (Phi) is 4.13. The van der Waals surface area contributed by atoms with E-state index in [1.165, 1.54) is 19.2 Å². The van der Waals surface area contributed by atoms with E-state index in [1.807, 2.05) is 0 Å². The second-order valence-corrected chi connectivity index (χ2v) is 5.30. The molecule has 1 unspecified atom stereocenters. The van der Waals surface area contributed by atoms with Gasteiger partial charge in [-0.2, -0.15) is 0 Å². The van der Waals surface area contributed by atoms with Crippen LogP contribution in [0.15, 0.2) is 18.2 Å². The number of hydrogen-bond acceptors (Lipinski definition) is 6. The number of hydrogen-bond donors (Lipinski definition) is 1. The molecule has 7 nitrogen and oxygen atoms in total. The Balaban J connectivity index is 2.16. The molecule has 21 heavy (non-hydrogen) atoms. The number of rotatable bonds is 6. The van der Waals surface area contributed by atoms with E-state index in [9.17, 15) is 14.9 Å². The molecule has 114 valence electrons. The van der Waals surface area contributed by atoms with Crippen molar-refractivity contribution in [2.45, 2.75) is 25.3 Å². The number of nitro benzene ring substituents is 1. The zero-order valence-electron chi connectivity index (χ0n) is 12.0. The summed E-state index contributed by atoms with van der Waals surface area (Å²) >= 11 is 0. The van der Waals surface area contributed by atoms with Crippen molar-refractivity contribution < 1.29 is 19.2 Å². The third-order valence-corrected chi connectivity index (χ3v) is 3.72. The average molecular weight is 294 g/mol. The van der Waals surface area contributed by atoms with Crippen LogP contribution in [0.5, 0.6) is 5.75 Å². The van der Waals surface area contributed by atoms with Crippen molar-refractivity contribution in [2.75, 3.05) is 13.7 Å². The summed E-state index contributed by atoms with van der Waals surface area (Å²) in [6.45, 7) is 1.71. The Morgan fingerprint density at radius 3 is 2.71 bits per heavy atom. The number of carbonyl (C=O) groups is 1. The summed E-state index contributed by atoms with van der Waals surface area (Å²) in [6.07, 6.45) is 1.70. The molecular weight excluding hydrogens is 276 g/mol. The van der Waals surface area contributed by atoms with Gasteiger partial charge in [-0.1, -0.05) is 0 Å². The SMILES string of the molecule is COC(=O)C(N)(COc1cc([N+](=O)[O-])ccc1C)C1CC1. The molecule has 1 aromatic carbocycles. The first-order valence-corrected chi connectivity index (χ1v) is 6.63. The zero-order valence-corrected chi connectivity index (χ0v) is 12.0. The van der Waals surface area contributed by atoms with Crippen LogP contribution in [0.1, 0.15) is 18.4 Å². The highest BCUT2D eigenvalue weighted by atomic mass is 16.6. The number of carbonyl (C=O) groups excluding carboxylic acids is 1. The largest absolute Gasteiger partial charge is 0.490 e. The minimum absolute atomic E-state index is 0.0314. The molecule has 0 radical (unpaired) electrons. The standard InChI is InChI=1S/C14H18N2O5/c1-9-3-6-11(16(18)19)7-12(9)21-8-14(15,10-4-5-10)13(17)20-2/h3,6-7,10H,4-5,8,15H2,1-2H3. The number of ether oxygens (including phenoxy) is 2. The number of nitro groups is 1. The second kappa shape index (κ2) is 5.69. The normalized spacial score (nSPS) is 16.9. The summed E-state index contributed by atoms with van der Waals surface area (Å²) in [5, 5.41) is 10.8. The minimum atomic E-state index is -1.20. The fourth-order valence-electron chi connectivity index (χ4n) is 2.19. The van der Waals surface area contributed by atoms with Crippen molar-refractivity contribution in [3.05, 3.63) is 33.9 Å². The Morgan fingerprint density at radius 2 is 2.19 bits per heavy atom. The Labute approximate surface area is 122 Å². The zero-order chi connectivity index (χ0) is 15.6. The van der Waals surface area contributed by atoms with Gasteiger partial charge in [0.1, 0.15) is 12.4 Å². The summed E-state index contributed by atoms with van der Waals surface area (Å²) in [7, 11) is 1.28. The van der Waals surface area contributed by atoms with E-state index in [2.05, 4.69) is 0 Å². The molecule has 1 fully saturated rings. The highest BCUT2D eigenvalue weighted by molar-refractivity contribution is 5.81. The van der Waals surface area contributed by atoms with Crippen molar-refractivity contribution in [2.24, 2.45) is 11.7 Å². The first-order chi connectivity index (χ1) is 9.88. The van der Waals surface area contributed by atoms with Crippen molar-refractivity contribution >= 4 is 11.7 Å². The summed E-state index contributed by atoms with van der Waals surface area (Å²) < 4.78 is 10.3. The summed E-state index contributed by atoms with van der Waals surface area (Å²) in [5.74, 6) is -0.138. The van der Waals surface area contributed by atoms with E-state index in [0.29, 0.717) is 5.75 Å². The van der Waals surface area contributed by atoms with Crippen LogP contribution in [0.4, 0.5) is 5.69 Å². The second-order valence-electron chi connectivity index (χ2n) is 5.30. The van der Waals surface area contributed by atoms with Crippen molar-refractivity contribution in [1.29, 1.82) is 0 Å². The number of benzene rings is 1. The number of nitrogens with two attached hydrogens (primary N) is 1. The molecule has 0 bridgehead atoms. The van der Waals surface area contributed by atoms with Crippen LogP contribution < -0.4 is 10.5 Å². The topological polar surface area (TPSA) is 105 Å². The lowest BCUT2D eigenvalue weighted by atomic mass is 9.96. The quantitative estimate of drug-likeness (QED) is 0.485. The van der Waals surface area contributed by atoms with Gasteiger partial charge in [-0.15, -0.1) is 0 Å². The molecule has 0 spiro atoms. The lowest BCUT2D eigenvalue weighted by Gasteiger charge is -2.26. The molecule has 1 saturated carbocycles. The minimum Gasteiger partial charge on any atom is -0.490 e. The monoisotopic (exact) mass is 294 g/mol. The number of nitrogens with zero attached hydrogens (tertiary/aromatic N) is 1. The van der Waals surface area contributed by atoms with E-state index in [-0.39, 0.29) is 18.2 Å². The highest BCUT2D eigenvalue weighted by Crippen LogP contribution is 2.39. The molecule has 2 rings (SSSR count). The predicted octanol–water partition coefficient (Wildman–Crippen LogP) is 1.56. The Hall–Kier alpha value is -2.15. The summed E-state index contributed by atoms with van der Waals surface area (Å²) in [4.78, 5) is 22.2. The molecule has 1 atom stereocenters. The first kappa shape index (κ1) is 15.2. The molecule has 7 heteroatoms. The number of aryl methyl sites for hydroxylation is 1. The van der Waals surface area contributed by atoms with Gasteiger partial charge in [0.05, 0.1) is 18.1 Å². The van der Waals surface area contributed by atoms with Gasteiger partial charge in [0.25, 0.3) is 5.69 Å². The molecule has 1 aliphatic carbocycles. The van der Waals surface area contributed by atoms with Gasteiger partial charge in [-0.05, 0) is 37.3 Å². The van der Waals surface area contributed by atoms with Crippen LogP contribution in [0.25, 0.3) is 0 Å². The molecule has 1 aromatic rings. The molecule has 0 amide bonds. The first-order valence-electron chi connectivity index (χ1n) is 6.63. The van der Waals surface area contributed by atoms with Gasteiger partial charge in [-0.25, -0.2) is 4.79 Å². The van der Waals surface area contributed by atoms with Crippen molar-refractivity contribution in [3.63, 3.8) is 0 Å². The van der Waals surface area contributed by atoms with Crippen LogP contribution in [0, 0.1) is 23.0 Å². The van der Waals surface area contributed by atoms with Crippen LogP contribution in [-0.2, 0) is 9.53 Å². The average Bonchev–Trinajstić information content (AvgIpc) is 3.29. The Morgan fingerprint density at radius 1 is 1.52 bits per heavy atom. The maximum Gasteiger partial charge on any atom is 0.329 e. The predicted molar refractivity (Wildman–Crippen MR) is 75.0 cm³/mol. The van der Waals surface area contributed by atoms with E-state index in [4.69, 9.17) is 15.2 Å². The molecule has 0 saturated heterocycles. The maximum atomic E-state index is 11.9. The third kappa shape index (κ3) is 3.13. The lowest BCUT2D eigenvalue weighted by Crippen LogP contribution is -2.55. The number of esters is 1. The van der Waals surface area contributed by atoms with E-state index in [0.717, 1.165) is 18.4 Å². The van der Waals surface area contributed by atoms with Gasteiger partial charge < -0.3 is 15.2 Å². The van der Waals surface area contributed by atoms with Gasteiger partial charge in [0.2, 0.25) is 0 Å². The molecule has 0 aromatic heterocycles. The fraction of sp³-hybridized carbons (Fsp3) is 0.500. The lowest BCUT2D eigenvalue weighted by molar-refractivity contribution is -0.385. The summed E-state index contributed by atoms with van der Waals surface area (Å²) in [5.41, 5.74) is 5.59. The van der Waals surface area contributed by atoms with E-state index in [1.54, 1.807) is 13.0 Å². The smallest absolute Gasteiger partial charge is 0.329 e. The van der Waals surface area contributed by atoms with Crippen LogP contribution in [0.2, 0.25) is 0 Å². The number of non-ortho nitro benzene ring substituents is 1. The Bertz CT molecular complexity index is 570. The molecular formula is C14H18N2O5. The van der Waals surface area contributed by atoms with Gasteiger partial charge >= 0.3 is 5.97 Å². The van der Waals surface area contributed by atoms with Gasteiger partial charge in [0, 0.05) is 6.07 Å². The highest BCUT2D eigenvalue weighted by Gasteiger charge is 2.50.